The number of anilines is 1. The second-order valence-corrected chi connectivity index (χ2v) is 7.57. The van der Waals surface area contributed by atoms with Gasteiger partial charge in [0.2, 0.25) is 0 Å². The Kier molecular flexibility index (Phi) is 6.13. The van der Waals surface area contributed by atoms with Gasteiger partial charge in [-0.15, -0.1) is 0 Å². The van der Waals surface area contributed by atoms with Gasteiger partial charge in [-0.3, -0.25) is 14.1 Å². The summed E-state index contributed by atoms with van der Waals surface area (Å²) in [6.07, 6.45) is 2.99. The number of sulfonamides is 1. The molecule has 0 atom stereocenters. The van der Waals surface area contributed by atoms with Crippen molar-refractivity contribution in [3.05, 3.63) is 90.8 Å². The summed E-state index contributed by atoms with van der Waals surface area (Å²) in [5.41, 5.74) is 3.29. The number of carbonyl (C=O) groups excluding carboxylic acids is 1. The van der Waals surface area contributed by atoms with Crippen molar-refractivity contribution in [1.29, 1.82) is 0 Å². The van der Waals surface area contributed by atoms with E-state index in [1.807, 2.05) is 0 Å². The number of nitrogens with one attached hydrogen (secondary N) is 1. The smallest absolute Gasteiger partial charge is 0.264 e. The second-order valence-electron chi connectivity index (χ2n) is 5.71. The lowest BCUT2D eigenvalue weighted by atomic mass is 10.3. The van der Waals surface area contributed by atoms with E-state index in [9.17, 15) is 13.2 Å². The van der Waals surface area contributed by atoms with Crippen molar-refractivity contribution in [2.75, 3.05) is 10.8 Å². The molecule has 8 heteroatoms. The van der Waals surface area contributed by atoms with Crippen molar-refractivity contribution in [1.82, 2.24) is 10.4 Å². The monoisotopic (exact) mass is 394 g/mol. The fraction of sp³-hybridized carbons (Fsp3) is 0.0500. The number of para-hydroxylation sites is 1. The Morgan fingerprint density at radius 2 is 1.61 bits per heavy atom. The van der Waals surface area contributed by atoms with Crippen molar-refractivity contribution < 1.29 is 13.2 Å². The van der Waals surface area contributed by atoms with Gasteiger partial charge >= 0.3 is 0 Å². The van der Waals surface area contributed by atoms with E-state index in [1.54, 1.807) is 72.9 Å². The second kappa shape index (κ2) is 8.92. The molecule has 0 aliphatic carbocycles. The van der Waals surface area contributed by atoms with Crippen molar-refractivity contribution in [3.63, 3.8) is 0 Å². The molecule has 0 saturated carbocycles. The zero-order valence-electron chi connectivity index (χ0n) is 14.8. The Balaban J connectivity index is 1.80. The minimum absolute atomic E-state index is 0.101. The minimum atomic E-state index is -3.92. The van der Waals surface area contributed by atoms with Gasteiger partial charge in [0.05, 0.1) is 22.5 Å². The molecule has 1 aromatic heterocycles. The molecule has 0 aliphatic heterocycles. The highest BCUT2D eigenvalue weighted by atomic mass is 32.2. The molecule has 0 bridgehead atoms. The first-order valence-corrected chi connectivity index (χ1v) is 9.87. The van der Waals surface area contributed by atoms with Gasteiger partial charge in [0.25, 0.3) is 15.9 Å². The number of aromatic nitrogens is 1. The number of rotatable bonds is 7. The van der Waals surface area contributed by atoms with Gasteiger partial charge in [-0.05, 0) is 36.4 Å². The third-order valence-corrected chi connectivity index (χ3v) is 5.52. The minimum Gasteiger partial charge on any atom is -0.271 e. The number of hydrogen-bond acceptors (Lipinski definition) is 5. The lowest BCUT2D eigenvalue weighted by Crippen LogP contribution is -2.39. The maximum Gasteiger partial charge on any atom is 0.264 e. The molecule has 1 heterocycles. The molecule has 0 fully saturated rings. The van der Waals surface area contributed by atoms with Crippen LogP contribution in [0.5, 0.6) is 0 Å². The van der Waals surface area contributed by atoms with Crippen LogP contribution in [-0.2, 0) is 14.8 Å². The SMILES string of the molecule is O=C(CN(c1ccccc1)S(=O)(=O)c1ccccc1)N/N=C\c1ccccn1. The Morgan fingerprint density at radius 1 is 0.964 bits per heavy atom. The van der Waals surface area contributed by atoms with E-state index in [0.717, 1.165) is 4.31 Å². The zero-order valence-corrected chi connectivity index (χ0v) is 15.7. The molecular formula is C20H18N4O3S. The predicted octanol–water partition coefficient (Wildman–Crippen LogP) is 2.43. The normalized spacial score (nSPS) is 11.3. The summed E-state index contributed by atoms with van der Waals surface area (Å²) in [5.74, 6) is -0.574. The standard InChI is InChI=1S/C20H18N4O3S/c25-20(23-22-15-17-9-7-8-14-21-17)16-24(18-10-3-1-4-11-18)28(26,27)19-12-5-2-6-13-19/h1-15H,16H2,(H,23,25)/b22-15-. The van der Waals surface area contributed by atoms with Gasteiger partial charge in [-0.25, -0.2) is 13.8 Å². The molecule has 0 unspecified atom stereocenters. The Morgan fingerprint density at radius 3 is 2.25 bits per heavy atom. The molecule has 7 nitrogen and oxygen atoms in total. The average molecular weight is 394 g/mol. The summed E-state index contributed by atoms with van der Waals surface area (Å²) in [5, 5.41) is 3.83. The molecule has 142 valence electrons. The largest absolute Gasteiger partial charge is 0.271 e. The predicted molar refractivity (Wildman–Crippen MR) is 107 cm³/mol. The molecule has 0 radical (unpaired) electrons. The van der Waals surface area contributed by atoms with Gasteiger partial charge in [-0.1, -0.05) is 42.5 Å². The fourth-order valence-corrected chi connectivity index (χ4v) is 3.86. The highest BCUT2D eigenvalue weighted by Crippen LogP contribution is 2.22. The van der Waals surface area contributed by atoms with Crippen molar-refractivity contribution in [3.8, 4) is 0 Å². The van der Waals surface area contributed by atoms with Crippen molar-refractivity contribution in [2.45, 2.75) is 4.90 Å². The third-order valence-electron chi connectivity index (χ3n) is 3.74. The number of nitrogens with zero attached hydrogens (tertiary/aromatic N) is 3. The van der Waals surface area contributed by atoms with Crippen LogP contribution in [0.2, 0.25) is 0 Å². The lowest BCUT2D eigenvalue weighted by molar-refractivity contribution is -0.119. The summed E-state index contributed by atoms with van der Waals surface area (Å²) in [4.78, 5) is 16.5. The van der Waals surface area contributed by atoms with Crippen LogP contribution in [0.15, 0.2) is 95.1 Å². The van der Waals surface area contributed by atoms with Crippen LogP contribution < -0.4 is 9.73 Å². The highest BCUT2D eigenvalue weighted by molar-refractivity contribution is 7.92. The highest BCUT2D eigenvalue weighted by Gasteiger charge is 2.26. The molecule has 0 saturated heterocycles. The first-order valence-electron chi connectivity index (χ1n) is 8.43. The van der Waals surface area contributed by atoms with Crippen LogP contribution in [0.4, 0.5) is 5.69 Å². The van der Waals surface area contributed by atoms with E-state index >= 15 is 0 Å². The molecule has 3 aromatic rings. The first-order chi connectivity index (χ1) is 13.6. The van der Waals surface area contributed by atoms with E-state index < -0.39 is 22.5 Å². The van der Waals surface area contributed by atoms with Crippen LogP contribution in [0.25, 0.3) is 0 Å². The zero-order chi connectivity index (χ0) is 19.8. The molecule has 2 aromatic carbocycles. The van der Waals surface area contributed by atoms with E-state index in [1.165, 1.54) is 18.3 Å². The fourth-order valence-electron chi connectivity index (χ4n) is 2.42. The van der Waals surface area contributed by atoms with Crippen LogP contribution >= 0.6 is 0 Å². The van der Waals surface area contributed by atoms with Gasteiger partial charge in [0, 0.05) is 6.20 Å². The van der Waals surface area contributed by atoms with Crippen LogP contribution in [0.1, 0.15) is 5.69 Å². The molecular weight excluding hydrogens is 376 g/mol. The number of benzene rings is 2. The average Bonchev–Trinajstić information content (AvgIpc) is 2.74. The molecule has 1 N–H and O–H groups in total. The number of carbonyl (C=O) groups is 1. The topological polar surface area (TPSA) is 91.7 Å². The van der Waals surface area contributed by atoms with Gasteiger partial charge in [0.15, 0.2) is 0 Å². The van der Waals surface area contributed by atoms with E-state index in [4.69, 9.17) is 0 Å². The van der Waals surface area contributed by atoms with Crippen molar-refractivity contribution in [2.24, 2.45) is 5.10 Å². The van der Waals surface area contributed by atoms with Gasteiger partial charge in [0.1, 0.15) is 6.54 Å². The number of hydrogen-bond donors (Lipinski definition) is 1. The van der Waals surface area contributed by atoms with Crippen LogP contribution in [0, 0.1) is 0 Å². The quantitative estimate of drug-likeness (QED) is 0.492. The molecule has 3 rings (SSSR count). The maximum atomic E-state index is 13.1. The number of hydrazone groups is 1. The van der Waals surface area contributed by atoms with E-state index in [-0.39, 0.29) is 4.90 Å². The molecule has 0 spiro atoms. The summed E-state index contributed by atoms with van der Waals surface area (Å²) in [6.45, 7) is -0.416. The first kappa shape index (κ1) is 19.2. The summed E-state index contributed by atoms with van der Waals surface area (Å²) in [6, 6.07) is 21.7. The van der Waals surface area contributed by atoms with Gasteiger partial charge < -0.3 is 0 Å². The Bertz CT molecular complexity index is 1040. The summed E-state index contributed by atoms with van der Waals surface area (Å²) < 4.78 is 27.2. The summed E-state index contributed by atoms with van der Waals surface area (Å²) >= 11 is 0. The van der Waals surface area contributed by atoms with E-state index in [2.05, 4.69) is 15.5 Å². The van der Waals surface area contributed by atoms with E-state index in [0.29, 0.717) is 11.4 Å². The Hall–Kier alpha value is -3.52. The molecule has 1 amide bonds. The lowest BCUT2D eigenvalue weighted by Gasteiger charge is -2.23. The summed E-state index contributed by atoms with van der Waals surface area (Å²) in [7, 11) is -3.92. The maximum absolute atomic E-state index is 13.1. The van der Waals surface area contributed by atoms with Crippen LogP contribution in [-0.4, -0.2) is 32.1 Å². The van der Waals surface area contributed by atoms with Crippen molar-refractivity contribution >= 4 is 27.8 Å². The molecule has 28 heavy (non-hydrogen) atoms. The number of pyridine rings is 1. The molecule has 0 aliphatic rings. The number of amides is 1. The third kappa shape index (κ3) is 4.80. The van der Waals surface area contributed by atoms with Gasteiger partial charge in [-0.2, -0.15) is 5.10 Å². The Labute approximate surface area is 163 Å². The van der Waals surface area contributed by atoms with Crippen LogP contribution in [0.3, 0.4) is 0 Å².